The van der Waals surface area contributed by atoms with Gasteiger partial charge in [-0.3, -0.25) is 0 Å². The summed E-state index contributed by atoms with van der Waals surface area (Å²) in [5, 5.41) is 0. The van der Waals surface area contributed by atoms with Crippen LogP contribution in [0.4, 0.5) is 0 Å². The van der Waals surface area contributed by atoms with Gasteiger partial charge in [0.2, 0.25) is 0 Å². The highest BCUT2D eigenvalue weighted by Crippen LogP contribution is 2.26. The van der Waals surface area contributed by atoms with Gasteiger partial charge in [0.15, 0.2) is 0 Å². The van der Waals surface area contributed by atoms with Gasteiger partial charge in [0.25, 0.3) is 0 Å². The first kappa shape index (κ1) is 10.3. The molecular weight excluding hydrogens is 158 g/mol. The predicted molar refractivity (Wildman–Crippen MR) is 57.5 cm³/mol. The molecule has 13 heavy (non-hydrogen) atoms. The van der Waals surface area contributed by atoms with Crippen LogP contribution in [0, 0.1) is 0 Å². The van der Waals surface area contributed by atoms with Crippen molar-refractivity contribution in [3.05, 3.63) is 35.9 Å². The Morgan fingerprint density at radius 1 is 1.15 bits per heavy atom. The summed E-state index contributed by atoms with van der Waals surface area (Å²) in [5.74, 6) is 0. The SMILES string of the molecule is CCCC(N)(CC)c1ccccc1. The van der Waals surface area contributed by atoms with Crippen LogP contribution in [0.15, 0.2) is 30.3 Å². The summed E-state index contributed by atoms with van der Waals surface area (Å²) >= 11 is 0. The average Bonchev–Trinajstić information content (AvgIpc) is 2.19. The van der Waals surface area contributed by atoms with E-state index in [0.29, 0.717) is 0 Å². The van der Waals surface area contributed by atoms with E-state index in [1.807, 2.05) is 6.07 Å². The third-order valence-corrected chi connectivity index (χ3v) is 2.68. The van der Waals surface area contributed by atoms with Gasteiger partial charge in [0, 0.05) is 5.54 Å². The molecule has 0 aliphatic rings. The molecule has 0 aliphatic carbocycles. The first-order chi connectivity index (χ1) is 6.23. The van der Waals surface area contributed by atoms with Crippen molar-refractivity contribution in [1.82, 2.24) is 0 Å². The number of rotatable bonds is 4. The third kappa shape index (κ3) is 2.31. The van der Waals surface area contributed by atoms with Crippen molar-refractivity contribution in [1.29, 1.82) is 0 Å². The smallest absolute Gasteiger partial charge is 0.0406 e. The zero-order chi connectivity index (χ0) is 9.73. The summed E-state index contributed by atoms with van der Waals surface area (Å²) in [6, 6.07) is 10.4. The quantitative estimate of drug-likeness (QED) is 0.751. The lowest BCUT2D eigenvalue weighted by molar-refractivity contribution is 0.390. The van der Waals surface area contributed by atoms with Gasteiger partial charge >= 0.3 is 0 Å². The summed E-state index contributed by atoms with van der Waals surface area (Å²) < 4.78 is 0. The zero-order valence-corrected chi connectivity index (χ0v) is 8.59. The molecule has 0 heterocycles. The Balaban J connectivity index is 2.89. The molecule has 2 N–H and O–H groups in total. The Bertz CT molecular complexity index is 243. The van der Waals surface area contributed by atoms with Crippen LogP contribution in [0.5, 0.6) is 0 Å². The largest absolute Gasteiger partial charge is 0.321 e. The molecule has 72 valence electrons. The maximum atomic E-state index is 6.33. The molecule has 0 spiro atoms. The number of nitrogens with two attached hydrogens (primary N) is 1. The van der Waals surface area contributed by atoms with Crippen molar-refractivity contribution in [3.63, 3.8) is 0 Å². The summed E-state index contributed by atoms with van der Waals surface area (Å²) in [6.45, 7) is 4.34. The number of hydrogen-bond acceptors (Lipinski definition) is 1. The number of benzene rings is 1. The van der Waals surface area contributed by atoms with E-state index >= 15 is 0 Å². The molecule has 0 amide bonds. The van der Waals surface area contributed by atoms with Gasteiger partial charge in [-0.05, 0) is 18.4 Å². The van der Waals surface area contributed by atoms with Crippen LogP contribution in [-0.4, -0.2) is 0 Å². The van der Waals surface area contributed by atoms with Crippen LogP contribution in [-0.2, 0) is 5.54 Å². The second-order valence-corrected chi connectivity index (χ2v) is 3.63. The monoisotopic (exact) mass is 177 g/mol. The average molecular weight is 177 g/mol. The minimum absolute atomic E-state index is 0.115. The van der Waals surface area contributed by atoms with Crippen molar-refractivity contribution < 1.29 is 0 Å². The molecular formula is C12H19N. The molecule has 0 saturated carbocycles. The number of hydrogen-bond donors (Lipinski definition) is 1. The molecule has 0 saturated heterocycles. The second kappa shape index (κ2) is 4.43. The molecule has 0 radical (unpaired) electrons. The third-order valence-electron chi connectivity index (χ3n) is 2.68. The Kier molecular flexibility index (Phi) is 3.49. The van der Waals surface area contributed by atoms with E-state index in [4.69, 9.17) is 5.73 Å². The summed E-state index contributed by atoms with van der Waals surface area (Å²) in [4.78, 5) is 0. The maximum Gasteiger partial charge on any atom is 0.0406 e. The summed E-state index contributed by atoms with van der Waals surface area (Å²) in [7, 11) is 0. The van der Waals surface area contributed by atoms with Crippen molar-refractivity contribution >= 4 is 0 Å². The molecule has 0 fully saturated rings. The van der Waals surface area contributed by atoms with E-state index in [-0.39, 0.29) is 5.54 Å². The zero-order valence-electron chi connectivity index (χ0n) is 8.59. The highest BCUT2D eigenvalue weighted by Gasteiger charge is 2.23. The topological polar surface area (TPSA) is 26.0 Å². The molecule has 1 rings (SSSR count). The highest BCUT2D eigenvalue weighted by molar-refractivity contribution is 5.23. The van der Waals surface area contributed by atoms with E-state index in [2.05, 4.69) is 38.1 Å². The molecule has 1 unspecified atom stereocenters. The lowest BCUT2D eigenvalue weighted by Gasteiger charge is -2.28. The fraction of sp³-hybridized carbons (Fsp3) is 0.500. The minimum atomic E-state index is -0.115. The molecule has 1 heteroatoms. The second-order valence-electron chi connectivity index (χ2n) is 3.63. The maximum absolute atomic E-state index is 6.33. The Morgan fingerprint density at radius 2 is 1.77 bits per heavy atom. The van der Waals surface area contributed by atoms with Crippen LogP contribution in [0.3, 0.4) is 0 Å². The summed E-state index contributed by atoms with van der Waals surface area (Å²) in [6.07, 6.45) is 3.21. The lowest BCUT2D eigenvalue weighted by Crippen LogP contribution is -2.35. The van der Waals surface area contributed by atoms with Crippen LogP contribution in [0.2, 0.25) is 0 Å². The van der Waals surface area contributed by atoms with Crippen molar-refractivity contribution in [2.45, 2.75) is 38.6 Å². The van der Waals surface area contributed by atoms with Crippen molar-refractivity contribution in [3.8, 4) is 0 Å². The molecule has 1 nitrogen and oxygen atoms in total. The summed E-state index contributed by atoms with van der Waals surface area (Å²) in [5.41, 5.74) is 7.48. The lowest BCUT2D eigenvalue weighted by atomic mass is 9.84. The van der Waals surface area contributed by atoms with Gasteiger partial charge in [-0.1, -0.05) is 50.6 Å². The van der Waals surface area contributed by atoms with Crippen molar-refractivity contribution in [2.75, 3.05) is 0 Å². The van der Waals surface area contributed by atoms with E-state index in [1.165, 1.54) is 5.56 Å². The Labute approximate surface area is 81.0 Å². The van der Waals surface area contributed by atoms with Crippen LogP contribution in [0.1, 0.15) is 38.7 Å². The molecule has 0 aliphatic heterocycles. The van der Waals surface area contributed by atoms with Gasteiger partial charge < -0.3 is 5.73 Å². The Morgan fingerprint density at radius 3 is 2.23 bits per heavy atom. The van der Waals surface area contributed by atoms with E-state index in [9.17, 15) is 0 Å². The van der Waals surface area contributed by atoms with Gasteiger partial charge in [-0.15, -0.1) is 0 Å². The Hall–Kier alpha value is -0.820. The van der Waals surface area contributed by atoms with Gasteiger partial charge in [-0.2, -0.15) is 0 Å². The van der Waals surface area contributed by atoms with Crippen LogP contribution >= 0.6 is 0 Å². The minimum Gasteiger partial charge on any atom is -0.321 e. The van der Waals surface area contributed by atoms with Gasteiger partial charge in [0.05, 0.1) is 0 Å². The van der Waals surface area contributed by atoms with Gasteiger partial charge in [0.1, 0.15) is 0 Å². The van der Waals surface area contributed by atoms with Crippen LogP contribution < -0.4 is 5.73 Å². The molecule has 0 bridgehead atoms. The van der Waals surface area contributed by atoms with E-state index in [0.717, 1.165) is 19.3 Å². The fourth-order valence-electron chi connectivity index (χ4n) is 1.74. The van der Waals surface area contributed by atoms with E-state index < -0.39 is 0 Å². The van der Waals surface area contributed by atoms with Crippen molar-refractivity contribution in [2.24, 2.45) is 5.73 Å². The fourth-order valence-corrected chi connectivity index (χ4v) is 1.74. The van der Waals surface area contributed by atoms with E-state index in [1.54, 1.807) is 0 Å². The van der Waals surface area contributed by atoms with Crippen LogP contribution in [0.25, 0.3) is 0 Å². The molecule has 0 aromatic heterocycles. The highest BCUT2D eigenvalue weighted by atomic mass is 14.7. The standard InChI is InChI=1S/C12H19N/c1-3-10-12(13,4-2)11-8-6-5-7-9-11/h5-9H,3-4,10,13H2,1-2H3. The van der Waals surface area contributed by atoms with Gasteiger partial charge in [-0.25, -0.2) is 0 Å². The first-order valence-electron chi connectivity index (χ1n) is 5.07. The molecule has 1 aromatic rings. The first-order valence-corrected chi connectivity index (χ1v) is 5.07. The molecule has 1 atom stereocenters. The molecule has 1 aromatic carbocycles. The normalized spacial score (nSPS) is 15.3. The predicted octanol–water partition coefficient (Wildman–Crippen LogP) is 3.05.